The van der Waals surface area contributed by atoms with E-state index in [0.717, 1.165) is 5.56 Å². The second-order valence-electron chi connectivity index (χ2n) is 5.35. The van der Waals surface area contributed by atoms with E-state index in [2.05, 4.69) is 0 Å². The van der Waals surface area contributed by atoms with E-state index in [4.69, 9.17) is 0 Å². The molecule has 112 valence electrons. The molecule has 0 aromatic heterocycles. The van der Waals surface area contributed by atoms with Gasteiger partial charge >= 0.3 is 5.97 Å². The van der Waals surface area contributed by atoms with Crippen molar-refractivity contribution in [3.8, 4) is 5.75 Å². The first kappa shape index (κ1) is 15.1. The van der Waals surface area contributed by atoms with Crippen LogP contribution in [0.4, 0.5) is 0 Å². The summed E-state index contributed by atoms with van der Waals surface area (Å²) in [7, 11) is 1.67. The Labute approximate surface area is 123 Å². The number of amides is 1. The van der Waals surface area contributed by atoms with Gasteiger partial charge in [-0.15, -0.1) is 0 Å². The summed E-state index contributed by atoms with van der Waals surface area (Å²) in [5.41, 5.74) is 0.891. The first-order valence-corrected chi connectivity index (χ1v) is 6.89. The van der Waals surface area contributed by atoms with Crippen LogP contribution < -0.4 is 0 Å². The van der Waals surface area contributed by atoms with Crippen molar-refractivity contribution in [3.05, 3.63) is 42.0 Å². The molecule has 0 spiro atoms. The zero-order valence-corrected chi connectivity index (χ0v) is 11.9. The van der Waals surface area contributed by atoms with Gasteiger partial charge in [-0.05, 0) is 30.5 Å². The van der Waals surface area contributed by atoms with Crippen LogP contribution in [-0.4, -0.2) is 34.0 Å². The Morgan fingerprint density at radius 2 is 1.71 bits per heavy atom. The highest BCUT2D eigenvalue weighted by Gasteiger charge is 2.35. The van der Waals surface area contributed by atoms with Crippen LogP contribution in [0.25, 0.3) is 0 Å². The molecule has 1 aromatic carbocycles. The Balaban J connectivity index is 2.05. The molecule has 2 atom stereocenters. The molecule has 0 saturated carbocycles. The standard InChI is InChI=1S/C16H19NO4/c1-17(10-11-6-8-12(18)9-7-11)15(19)13-4-2-3-5-14(13)16(20)21/h2-3,6-9,13-14,18H,4-5,10H2,1H3,(H,20,21). The van der Waals surface area contributed by atoms with E-state index >= 15 is 0 Å². The van der Waals surface area contributed by atoms with E-state index in [9.17, 15) is 19.8 Å². The number of rotatable bonds is 4. The first-order valence-electron chi connectivity index (χ1n) is 6.89. The van der Waals surface area contributed by atoms with E-state index in [0.29, 0.717) is 19.4 Å². The minimum absolute atomic E-state index is 0.153. The molecule has 1 amide bonds. The Morgan fingerprint density at radius 1 is 1.14 bits per heavy atom. The minimum atomic E-state index is -0.921. The van der Waals surface area contributed by atoms with Crippen LogP contribution in [0.5, 0.6) is 5.75 Å². The van der Waals surface area contributed by atoms with Gasteiger partial charge in [-0.2, -0.15) is 0 Å². The van der Waals surface area contributed by atoms with Gasteiger partial charge in [0.25, 0.3) is 0 Å². The van der Waals surface area contributed by atoms with Gasteiger partial charge in [0.15, 0.2) is 0 Å². The fourth-order valence-electron chi connectivity index (χ4n) is 2.60. The summed E-state index contributed by atoms with van der Waals surface area (Å²) in [5, 5.41) is 18.5. The summed E-state index contributed by atoms with van der Waals surface area (Å²) >= 11 is 0. The number of hydrogen-bond acceptors (Lipinski definition) is 3. The van der Waals surface area contributed by atoms with Gasteiger partial charge < -0.3 is 15.1 Å². The number of benzene rings is 1. The van der Waals surface area contributed by atoms with Gasteiger partial charge in [0, 0.05) is 13.6 Å². The second-order valence-corrected chi connectivity index (χ2v) is 5.35. The molecule has 1 aromatic rings. The van der Waals surface area contributed by atoms with Gasteiger partial charge in [0.05, 0.1) is 11.8 Å². The summed E-state index contributed by atoms with van der Waals surface area (Å²) in [6, 6.07) is 6.62. The Kier molecular flexibility index (Phi) is 4.62. The lowest BCUT2D eigenvalue weighted by Gasteiger charge is -2.28. The van der Waals surface area contributed by atoms with Crippen molar-refractivity contribution in [1.29, 1.82) is 0 Å². The Hall–Kier alpha value is -2.30. The number of phenols is 1. The third-order valence-electron chi connectivity index (χ3n) is 3.80. The van der Waals surface area contributed by atoms with Crippen LogP contribution in [0.2, 0.25) is 0 Å². The SMILES string of the molecule is CN(Cc1ccc(O)cc1)C(=O)C1CC=CCC1C(=O)O. The maximum absolute atomic E-state index is 12.5. The summed E-state index contributed by atoms with van der Waals surface area (Å²) in [6.45, 7) is 0.395. The molecule has 2 N–H and O–H groups in total. The fraction of sp³-hybridized carbons (Fsp3) is 0.375. The zero-order valence-electron chi connectivity index (χ0n) is 11.9. The molecule has 0 bridgehead atoms. The van der Waals surface area contributed by atoms with Crippen molar-refractivity contribution < 1.29 is 19.8 Å². The molecular formula is C16H19NO4. The Morgan fingerprint density at radius 3 is 2.29 bits per heavy atom. The quantitative estimate of drug-likeness (QED) is 0.831. The monoisotopic (exact) mass is 289 g/mol. The molecule has 21 heavy (non-hydrogen) atoms. The first-order chi connectivity index (χ1) is 9.99. The normalized spacial score (nSPS) is 21.0. The molecular weight excluding hydrogens is 270 g/mol. The topological polar surface area (TPSA) is 77.8 Å². The van der Waals surface area contributed by atoms with Crippen LogP contribution in [0, 0.1) is 11.8 Å². The van der Waals surface area contributed by atoms with E-state index in [1.807, 2.05) is 12.2 Å². The zero-order chi connectivity index (χ0) is 15.4. The van der Waals surface area contributed by atoms with Gasteiger partial charge in [0.2, 0.25) is 5.91 Å². The number of carbonyl (C=O) groups is 2. The smallest absolute Gasteiger partial charge is 0.307 e. The molecule has 5 nitrogen and oxygen atoms in total. The average molecular weight is 289 g/mol. The number of nitrogens with zero attached hydrogens (tertiary/aromatic N) is 1. The number of carboxylic acid groups (broad SMARTS) is 1. The van der Waals surface area contributed by atoms with Crippen molar-refractivity contribution in [1.82, 2.24) is 4.90 Å². The fourth-order valence-corrected chi connectivity index (χ4v) is 2.60. The molecule has 0 fully saturated rings. The van der Waals surface area contributed by atoms with Crippen LogP contribution in [0.1, 0.15) is 18.4 Å². The van der Waals surface area contributed by atoms with Crippen molar-refractivity contribution in [2.24, 2.45) is 11.8 Å². The molecule has 1 aliphatic rings. The number of carbonyl (C=O) groups excluding carboxylic acids is 1. The van der Waals surface area contributed by atoms with Crippen molar-refractivity contribution >= 4 is 11.9 Å². The highest BCUT2D eigenvalue weighted by Crippen LogP contribution is 2.28. The molecule has 0 aliphatic heterocycles. The predicted octanol–water partition coefficient (Wildman–Crippen LogP) is 2.02. The number of carboxylic acids is 1. The molecule has 0 heterocycles. The number of aliphatic carboxylic acids is 1. The van der Waals surface area contributed by atoms with Crippen molar-refractivity contribution in [3.63, 3.8) is 0 Å². The van der Waals surface area contributed by atoms with E-state index in [1.54, 1.807) is 36.2 Å². The third-order valence-corrected chi connectivity index (χ3v) is 3.80. The summed E-state index contributed by atoms with van der Waals surface area (Å²) in [4.78, 5) is 25.3. The van der Waals surface area contributed by atoms with E-state index < -0.39 is 17.8 Å². The summed E-state index contributed by atoms with van der Waals surface area (Å²) in [5.74, 6) is -2.05. The molecule has 1 aliphatic carbocycles. The summed E-state index contributed by atoms with van der Waals surface area (Å²) in [6.07, 6.45) is 4.56. The largest absolute Gasteiger partial charge is 0.508 e. The van der Waals surface area contributed by atoms with Gasteiger partial charge in [-0.1, -0.05) is 24.3 Å². The highest BCUT2D eigenvalue weighted by atomic mass is 16.4. The predicted molar refractivity (Wildman–Crippen MR) is 77.6 cm³/mol. The second kappa shape index (κ2) is 6.43. The summed E-state index contributed by atoms with van der Waals surface area (Å²) < 4.78 is 0. The van der Waals surface area contributed by atoms with E-state index in [1.165, 1.54) is 0 Å². The van der Waals surface area contributed by atoms with Crippen LogP contribution in [0.3, 0.4) is 0 Å². The van der Waals surface area contributed by atoms with Crippen molar-refractivity contribution in [2.45, 2.75) is 19.4 Å². The van der Waals surface area contributed by atoms with Crippen LogP contribution in [0.15, 0.2) is 36.4 Å². The lowest BCUT2D eigenvalue weighted by molar-refractivity contribution is -0.150. The van der Waals surface area contributed by atoms with Crippen molar-refractivity contribution in [2.75, 3.05) is 7.05 Å². The van der Waals surface area contributed by atoms with Crippen LogP contribution in [-0.2, 0) is 16.1 Å². The maximum atomic E-state index is 12.5. The highest BCUT2D eigenvalue weighted by molar-refractivity contribution is 5.85. The molecule has 0 radical (unpaired) electrons. The molecule has 2 unspecified atom stereocenters. The minimum Gasteiger partial charge on any atom is -0.508 e. The van der Waals surface area contributed by atoms with E-state index in [-0.39, 0.29) is 11.7 Å². The van der Waals surface area contributed by atoms with Gasteiger partial charge in [-0.3, -0.25) is 9.59 Å². The number of allylic oxidation sites excluding steroid dienone is 2. The third kappa shape index (κ3) is 3.62. The van der Waals surface area contributed by atoms with Gasteiger partial charge in [0.1, 0.15) is 5.75 Å². The number of aromatic hydroxyl groups is 1. The maximum Gasteiger partial charge on any atom is 0.307 e. The molecule has 2 rings (SSSR count). The number of phenolic OH excluding ortho intramolecular Hbond substituents is 1. The van der Waals surface area contributed by atoms with Gasteiger partial charge in [-0.25, -0.2) is 0 Å². The van der Waals surface area contributed by atoms with Crippen LogP contribution >= 0.6 is 0 Å². The Bertz CT molecular complexity index is 550. The molecule has 5 heteroatoms. The lowest BCUT2D eigenvalue weighted by Crippen LogP contribution is -2.39. The number of hydrogen-bond donors (Lipinski definition) is 2. The lowest BCUT2D eigenvalue weighted by atomic mass is 9.82. The molecule has 0 saturated heterocycles. The average Bonchev–Trinajstić information content (AvgIpc) is 2.48.